The molecule has 2 aromatic heterocycles. The number of amides is 1. The smallest absolute Gasteiger partial charge is 0.274 e. The van der Waals surface area contributed by atoms with Gasteiger partial charge < -0.3 is 9.80 Å². The van der Waals surface area contributed by atoms with E-state index < -0.39 is 0 Å². The fourth-order valence-electron chi connectivity index (χ4n) is 4.27. The summed E-state index contributed by atoms with van der Waals surface area (Å²) in [7, 11) is 0. The van der Waals surface area contributed by atoms with Crippen LogP contribution in [0.5, 0.6) is 0 Å². The third kappa shape index (κ3) is 3.75. The maximum atomic E-state index is 12.9. The predicted molar refractivity (Wildman–Crippen MR) is 110 cm³/mol. The van der Waals surface area contributed by atoms with Gasteiger partial charge in [0.05, 0.1) is 6.04 Å². The molecular weight excluding hydrogens is 368 g/mol. The number of nitrogens with zero attached hydrogens (tertiary/aromatic N) is 6. The van der Waals surface area contributed by atoms with Gasteiger partial charge in [-0.25, -0.2) is 14.6 Å². The first kappa shape index (κ1) is 19.5. The molecule has 2 atom stereocenters. The fourth-order valence-corrected chi connectivity index (χ4v) is 4.27. The molecule has 0 saturated carbocycles. The van der Waals surface area contributed by atoms with Gasteiger partial charge >= 0.3 is 0 Å². The Morgan fingerprint density at radius 2 is 1.72 bits per heavy atom. The summed E-state index contributed by atoms with van der Waals surface area (Å²) in [6, 6.07) is 4.97. The summed E-state index contributed by atoms with van der Waals surface area (Å²) < 4.78 is 1.37. The van der Waals surface area contributed by atoms with E-state index in [1.165, 1.54) is 16.8 Å². The van der Waals surface area contributed by atoms with E-state index in [4.69, 9.17) is 0 Å². The van der Waals surface area contributed by atoms with Crippen LogP contribution in [0, 0.1) is 11.8 Å². The highest BCUT2D eigenvalue weighted by molar-refractivity contribution is 5.92. The first-order valence-electron chi connectivity index (χ1n) is 10.3. The molecule has 0 aromatic carbocycles. The molecule has 0 N–H and O–H groups in total. The molecule has 2 unspecified atom stereocenters. The molecule has 0 aliphatic carbocycles. The van der Waals surface area contributed by atoms with Crippen molar-refractivity contribution in [2.24, 2.45) is 11.8 Å². The molecule has 2 fully saturated rings. The second kappa shape index (κ2) is 7.57. The Kier molecular flexibility index (Phi) is 5.10. The van der Waals surface area contributed by atoms with Crippen molar-refractivity contribution in [1.82, 2.24) is 24.6 Å². The summed E-state index contributed by atoms with van der Waals surface area (Å²) in [5, 5.41) is 4.28. The van der Waals surface area contributed by atoms with Crippen LogP contribution < -0.4 is 10.5 Å². The Morgan fingerprint density at radius 3 is 2.34 bits per heavy atom. The second-order valence-electron chi connectivity index (χ2n) is 8.69. The van der Waals surface area contributed by atoms with Gasteiger partial charge in [-0.3, -0.25) is 9.59 Å². The third-order valence-electron chi connectivity index (χ3n) is 5.90. The van der Waals surface area contributed by atoms with Gasteiger partial charge in [-0.15, -0.1) is 0 Å². The predicted octanol–water partition coefficient (Wildman–Crippen LogP) is 1.95. The first-order valence-corrected chi connectivity index (χ1v) is 10.3. The number of rotatable bonds is 4. The summed E-state index contributed by atoms with van der Waals surface area (Å²) in [6.45, 7) is 11.2. The highest BCUT2D eigenvalue weighted by atomic mass is 16.2. The minimum atomic E-state index is -0.184. The molecule has 4 rings (SSSR count). The van der Waals surface area contributed by atoms with Crippen LogP contribution in [-0.2, 0) is 0 Å². The molecule has 8 nitrogen and oxygen atoms in total. The van der Waals surface area contributed by atoms with Crippen molar-refractivity contribution >= 4 is 11.7 Å². The normalized spacial score (nSPS) is 21.3. The average molecular weight is 396 g/mol. The molecule has 4 heterocycles. The van der Waals surface area contributed by atoms with Crippen LogP contribution >= 0.6 is 0 Å². The Balaban J connectivity index is 1.44. The van der Waals surface area contributed by atoms with E-state index in [1.54, 1.807) is 6.33 Å². The van der Waals surface area contributed by atoms with Crippen molar-refractivity contribution in [2.45, 2.75) is 39.7 Å². The minimum Gasteiger partial charge on any atom is -0.356 e. The zero-order valence-electron chi connectivity index (χ0n) is 17.4. The molecule has 2 aliphatic heterocycles. The van der Waals surface area contributed by atoms with Gasteiger partial charge in [0.1, 0.15) is 17.8 Å². The maximum Gasteiger partial charge on any atom is 0.274 e. The number of carbonyl (C=O) groups is 1. The number of hydrogen-bond acceptors (Lipinski definition) is 6. The summed E-state index contributed by atoms with van der Waals surface area (Å²) in [4.78, 5) is 37.9. The second-order valence-corrected chi connectivity index (χ2v) is 8.69. The van der Waals surface area contributed by atoms with Crippen molar-refractivity contribution < 1.29 is 4.79 Å². The van der Waals surface area contributed by atoms with Crippen molar-refractivity contribution in [3.63, 3.8) is 0 Å². The van der Waals surface area contributed by atoms with Crippen molar-refractivity contribution in [1.29, 1.82) is 0 Å². The molecule has 29 heavy (non-hydrogen) atoms. The van der Waals surface area contributed by atoms with E-state index in [0.717, 1.165) is 24.6 Å². The molecule has 0 bridgehead atoms. The summed E-state index contributed by atoms with van der Waals surface area (Å²) in [6.07, 6.45) is 1.64. The average Bonchev–Trinajstić information content (AvgIpc) is 3.27. The molecule has 2 saturated heterocycles. The zero-order chi connectivity index (χ0) is 20.7. The SMILES string of the molecule is CC(C)c1cc(N2CC3CN(C(=O)c4ccc(=O)n(C(C)C)n4)CC3C2)ncn1. The summed E-state index contributed by atoms with van der Waals surface area (Å²) in [5.74, 6) is 2.10. The molecule has 8 heteroatoms. The molecule has 0 radical (unpaired) electrons. The number of aromatic nitrogens is 4. The van der Waals surface area contributed by atoms with E-state index in [9.17, 15) is 9.59 Å². The maximum absolute atomic E-state index is 12.9. The fraction of sp³-hybridized carbons (Fsp3) is 0.571. The number of likely N-dealkylation sites (tertiary alicyclic amines) is 1. The standard InChI is InChI=1S/C21H28N6O2/c1-13(2)18-7-19(23-12-22-18)25-8-15-10-26(11-16(15)9-25)21(29)17-5-6-20(28)27(24-17)14(3)4/h5-7,12-16H,8-11H2,1-4H3. The van der Waals surface area contributed by atoms with Crippen LogP contribution in [-0.4, -0.2) is 56.7 Å². The Bertz CT molecular complexity index is 956. The van der Waals surface area contributed by atoms with Crippen LogP contribution in [0.2, 0.25) is 0 Å². The third-order valence-corrected chi connectivity index (χ3v) is 5.90. The van der Waals surface area contributed by atoms with Gasteiger partial charge in [0, 0.05) is 55.8 Å². The van der Waals surface area contributed by atoms with Crippen molar-refractivity contribution in [3.05, 3.63) is 46.3 Å². The van der Waals surface area contributed by atoms with Gasteiger partial charge in [-0.2, -0.15) is 5.10 Å². The van der Waals surface area contributed by atoms with Crippen molar-refractivity contribution in [2.75, 3.05) is 31.1 Å². The van der Waals surface area contributed by atoms with E-state index >= 15 is 0 Å². The number of carbonyl (C=O) groups excluding carboxylic acids is 1. The van der Waals surface area contributed by atoms with Crippen LogP contribution in [0.25, 0.3) is 0 Å². The lowest BCUT2D eigenvalue weighted by Crippen LogP contribution is -2.35. The van der Waals surface area contributed by atoms with E-state index in [0.29, 0.717) is 36.5 Å². The molecule has 2 aliphatic rings. The van der Waals surface area contributed by atoms with Crippen LogP contribution in [0.15, 0.2) is 29.3 Å². The monoisotopic (exact) mass is 396 g/mol. The Morgan fingerprint density at radius 1 is 1.03 bits per heavy atom. The summed E-state index contributed by atoms with van der Waals surface area (Å²) in [5.41, 5.74) is 1.21. The quantitative estimate of drug-likeness (QED) is 0.785. The Hall–Kier alpha value is -2.77. The van der Waals surface area contributed by atoms with E-state index in [-0.39, 0.29) is 17.5 Å². The number of fused-ring (bicyclic) bond motifs is 1. The van der Waals surface area contributed by atoms with Gasteiger partial charge in [-0.05, 0) is 25.8 Å². The van der Waals surface area contributed by atoms with Gasteiger partial charge in [-0.1, -0.05) is 13.8 Å². The van der Waals surface area contributed by atoms with Crippen LogP contribution in [0.4, 0.5) is 5.82 Å². The van der Waals surface area contributed by atoms with Gasteiger partial charge in [0.2, 0.25) is 0 Å². The van der Waals surface area contributed by atoms with Crippen LogP contribution in [0.1, 0.15) is 55.8 Å². The van der Waals surface area contributed by atoms with E-state index in [1.807, 2.05) is 18.7 Å². The molecule has 2 aromatic rings. The molecule has 154 valence electrons. The zero-order valence-corrected chi connectivity index (χ0v) is 17.4. The van der Waals surface area contributed by atoms with E-state index in [2.05, 4.69) is 39.9 Å². The van der Waals surface area contributed by atoms with Gasteiger partial charge in [0.25, 0.3) is 11.5 Å². The lowest BCUT2D eigenvalue weighted by Gasteiger charge is -2.23. The topological polar surface area (TPSA) is 84.2 Å². The van der Waals surface area contributed by atoms with Gasteiger partial charge in [0.15, 0.2) is 0 Å². The lowest BCUT2D eigenvalue weighted by molar-refractivity contribution is 0.0773. The highest BCUT2D eigenvalue weighted by Gasteiger charge is 2.42. The highest BCUT2D eigenvalue weighted by Crippen LogP contribution is 2.34. The van der Waals surface area contributed by atoms with Crippen molar-refractivity contribution in [3.8, 4) is 0 Å². The largest absolute Gasteiger partial charge is 0.356 e. The summed E-state index contributed by atoms with van der Waals surface area (Å²) >= 11 is 0. The van der Waals surface area contributed by atoms with Crippen LogP contribution in [0.3, 0.4) is 0 Å². The molecule has 1 amide bonds. The lowest BCUT2D eigenvalue weighted by atomic mass is 10.0. The number of anilines is 1. The minimum absolute atomic E-state index is 0.0784. The molecular formula is C21H28N6O2. The Labute approximate surface area is 170 Å². The molecule has 0 spiro atoms. The number of hydrogen-bond donors (Lipinski definition) is 0. The first-order chi connectivity index (χ1) is 13.8.